The summed E-state index contributed by atoms with van der Waals surface area (Å²) in [5, 5.41) is 13.2. The van der Waals surface area contributed by atoms with Crippen LogP contribution in [0.1, 0.15) is 140 Å². The summed E-state index contributed by atoms with van der Waals surface area (Å²) >= 11 is 0. The standard InChI is InChI=1S/C46H69N3O5/c1-41(2)20-22-46(40(53)47-24-11-25-49-28-26-48(8)27-29-49)23-21-44(6)33(34(46)30-41)14-15-36-43(5)18-17-37(42(3,4)35(43)16-19-45(36,44)7)54-39(52)32-13-10-9-12-31(32)38(50)51/h9-10,12-14,34-37H,11,15-30H2,1-8H3,(H,47,53)(H,50,51)/t34-,35-,36?,37-,43-,44+,45+,46-/m0/s1. The quantitative estimate of drug-likeness (QED) is 0.157. The molecule has 0 bridgehead atoms. The molecule has 0 radical (unpaired) electrons. The van der Waals surface area contributed by atoms with Gasteiger partial charge in [-0.2, -0.15) is 0 Å². The topological polar surface area (TPSA) is 99.2 Å². The summed E-state index contributed by atoms with van der Waals surface area (Å²) in [5.74, 6) is -0.191. The lowest BCUT2D eigenvalue weighted by atomic mass is 9.33. The van der Waals surface area contributed by atoms with Gasteiger partial charge in [0, 0.05) is 38.1 Å². The first-order valence-corrected chi connectivity index (χ1v) is 21.3. The second-order valence-corrected chi connectivity index (χ2v) is 20.7. The molecule has 1 saturated heterocycles. The molecule has 1 aliphatic heterocycles. The fourth-order valence-electron chi connectivity index (χ4n) is 13.6. The number of nitrogens with one attached hydrogen (secondary N) is 1. The van der Waals surface area contributed by atoms with Crippen molar-refractivity contribution < 1.29 is 24.2 Å². The van der Waals surface area contributed by atoms with Crippen LogP contribution in [-0.2, 0) is 9.53 Å². The Morgan fingerprint density at radius 1 is 0.852 bits per heavy atom. The number of nitrogens with zero attached hydrogens (tertiary/aromatic N) is 2. The molecule has 1 aromatic carbocycles. The zero-order valence-corrected chi connectivity index (χ0v) is 34.7. The second-order valence-electron chi connectivity index (χ2n) is 20.7. The molecule has 1 unspecified atom stereocenters. The van der Waals surface area contributed by atoms with Crippen LogP contribution in [0, 0.1) is 50.2 Å². The maximum Gasteiger partial charge on any atom is 0.339 e. The molecule has 0 spiro atoms. The number of fused-ring (bicyclic) bond motifs is 7. The number of benzene rings is 1. The second kappa shape index (κ2) is 14.0. The molecule has 8 heteroatoms. The summed E-state index contributed by atoms with van der Waals surface area (Å²) in [7, 11) is 2.20. The van der Waals surface area contributed by atoms with Gasteiger partial charge in [0.15, 0.2) is 0 Å². The van der Waals surface area contributed by atoms with Crippen LogP contribution in [0.3, 0.4) is 0 Å². The number of piperazine rings is 1. The average molecular weight is 744 g/mol. The van der Waals surface area contributed by atoms with Gasteiger partial charge in [-0.15, -0.1) is 0 Å². The molecule has 5 aliphatic carbocycles. The van der Waals surface area contributed by atoms with Gasteiger partial charge in [-0.05, 0) is 136 Å². The molecule has 7 rings (SSSR count). The summed E-state index contributed by atoms with van der Waals surface area (Å²) in [6.07, 6.45) is 13.6. The van der Waals surface area contributed by atoms with E-state index in [0.717, 1.165) is 110 Å². The number of carboxylic acids is 1. The van der Waals surface area contributed by atoms with Crippen LogP contribution in [0.25, 0.3) is 0 Å². The molecule has 0 aromatic heterocycles. The third kappa shape index (κ3) is 6.37. The smallest absolute Gasteiger partial charge is 0.339 e. The maximum atomic E-state index is 14.5. The zero-order valence-electron chi connectivity index (χ0n) is 34.7. The summed E-state index contributed by atoms with van der Waals surface area (Å²) < 4.78 is 6.27. The van der Waals surface area contributed by atoms with E-state index in [2.05, 4.69) is 76.7 Å². The van der Waals surface area contributed by atoms with Gasteiger partial charge in [0.05, 0.1) is 16.5 Å². The van der Waals surface area contributed by atoms with Crippen molar-refractivity contribution in [3.05, 3.63) is 47.0 Å². The Morgan fingerprint density at radius 3 is 2.24 bits per heavy atom. The van der Waals surface area contributed by atoms with E-state index in [1.807, 2.05) is 0 Å². The Hall–Kier alpha value is -2.71. The molecule has 1 amide bonds. The third-order valence-electron chi connectivity index (χ3n) is 17.2. The van der Waals surface area contributed by atoms with E-state index in [1.54, 1.807) is 23.8 Å². The number of ether oxygens (including phenoxy) is 1. The number of esters is 1. The number of rotatable bonds is 8. The van der Waals surface area contributed by atoms with E-state index in [1.165, 1.54) is 6.07 Å². The van der Waals surface area contributed by atoms with Crippen molar-refractivity contribution in [1.82, 2.24) is 15.1 Å². The molecular formula is C46H69N3O5. The van der Waals surface area contributed by atoms with Crippen LogP contribution in [-0.4, -0.2) is 85.2 Å². The van der Waals surface area contributed by atoms with E-state index < -0.39 is 11.9 Å². The minimum atomic E-state index is -1.11. The lowest BCUT2D eigenvalue weighted by Gasteiger charge is -2.71. The fourth-order valence-corrected chi connectivity index (χ4v) is 13.6. The van der Waals surface area contributed by atoms with E-state index in [0.29, 0.717) is 17.7 Å². The summed E-state index contributed by atoms with van der Waals surface area (Å²) in [6.45, 7) is 23.4. The summed E-state index contributed by atoms with van der Waals surface area (Å²) in [4.78, 5) is 44.9. The van der Waals surface area contributed by atoms with Crippen molar-refractivity contribution in [2.24, 2.45) is 50.2 Å². The molecule has 8 atom stereocenters. The molecule has 298 valence electrons. The van der Waals surface area contributed by atoms with Gasteiger partial charge in [-0.3, -0.25) is 4.79 Å². The van der Waals surface area contributed by atoms with Crippen LogP contribution in [0.15, 0.2) is 35.9 Å². The van der Waals surface area contributed by atoms with Crippen molar-refractivity contribution in [3.8, 4) is 0 Å². The van der Waals surface area contributed by atoms with Gasteiger partial charge in [0.25, 0.3) is 0 Å². The zero-order chi connectivity index (χ0) is 38.9. The highest BCUT2D eigenvalue weighted by atomic mass is 16.5. The number of carboxylic acid groups (broad SMARTS) is 1. The van der Waals surface area contributed by atoms with E-state index in [4.69, 9.17) is 4.74 Å². The molecule has 2 N–H and O–H groups in total. The molecule has 1 heterocycles. The normalized spacial score (nSPS) is 38.8. The van der Waals surface area contributed by atoms with Crippen LogP contribution >= 0.6 is 0 Å². The number of amides is 1. The summed E-state index contributed by atoms with van der Waals surface area (Å²) in [6, 6.07) is 6.39. The predicted molar refractivity (Wildman–Crippen MR) is 213 cm³/mol. The molecular weight excluding hydrogens is 675 g/mol. The minimum Gasteiger partial charge on any atom is -0.478 e. The number of hydrogen-bond donors (Lipinski definition) is 2. The van der Waals surface area contributed by atoms with Crippen LogP contribution in [0.4, 0.5) is 0 Å². The van der Waals surface area contributed by atoms with Crippen molar-refractivity contribution in [1.29, 1.82) is 0 Å². The number of hydrogen-bond acceptors (Lipinski definition) is 6. The Bertz CT molecular complexity index is 1660. The number of likely N-dealkylation sites (N-methyl/N-ethyl adjacent to an activating group) is 1. The van der Waals surface area contributed by atoms with Gasteiger partial charge in [-0.25, -0.2) is 9.59 Å². The summed E-state index contributed by atoms with van der Waals surface area (Å²) in [5.41, 5.74) is 1.55. The average Bonchev–Trinajstić information content (AvgIpc) is 3.12. The molecule has 8 nitrogen and oxygen atoms in total. The maximum absolute atomic E-state index is 14.5. The number of aromatic carboxylic acids is 1. The minimum absolute atomic E-state index is 0.0102. The van der Waals surface area contributed by atoms with Crippen LogP contribution in [0.2, 0.25) is 0 Å². The number of carbonyl (C=O) groups is 3. The van der Waals surface area contributed by atoms with Crippen LogP contribution in [0.5, 0.6) is 0 Å². The highest BCUT2D eigenvalue weighted by molar-refractivity contribution is 6.02. The monoisotopic (exact) mass is 744 g/mol. The van der Waals surface area contributed by atoms with E-state index in [-0.39, 0.29) is 55.6 Å². The van der Waals surface area contributed by atoms with Gasteiger partial charge in [0.1, 0.15) is 6.10 Å². The van der Waals surface area contributed by atoms with Crippen molar-refractivity contribution in [2.45, 2.75) is 125 Å². The highest BCUT2D eigenvalue weighted by Crippen LogP contribution is 2.76. The first-order chi connectivity index (χ1) is 25.4. The third-order valence-corrected chi connectivity index (χ3v) is 17.2. The molecule has 4 saturated carbocycles. The Morgan fingerprint density at radius 2 is 1.54 bits per heavy atom. The van der Waals surface area contributed by atoms with E-state index in [9.17, 15) is 19.5 Å². The fraction of sp³-hybridized carbons (Fsp3) is 0.761. The van der Waals surface area contributed by atoms with Crippen molar-refractivity contribution >= 4 is 17.8 Å². The Labute approximate surface area is 325 Å². The Balaban J connectivity index is 1.10. The van der Waals surface area contributed by atoms with Gasteiger partial charge < -0.3 is 25.0 Å². The SMILES string of the molecule is CN1CCN(CCCNC(=O)[C@]23CCC(C)(C)C[C@H]2C2=CCC4[C@@]5(C)CC[C@H](OC(=O)c6ccccc6C(=O)O)C(C)(C)[C@@H]5CC[C@@]4(C)[C@]2(C)CC3)CC1. The van der Waals surface area contributed by atoms with Gasteiger partial charge >= 0.3 is 11.9 Å². The van der Waals surface area contributed by atoms with E-state index >= 15 is 0 Å². The molecule has 5 fully saturated rings. The lowest BCUT2D eigenvalue weighted by molar-refractivity contribution is -0.204. The highest BCUT2D eigenvalue weighted by Gasteiger charge is 2.69. The van der Waals surface area contributed by atoms with Gasteiger partial charge in [0.2, 0.25) is 5.91 Å². The largest absolute Gasteiger partial charge is 0.478 e. The molecule has 54 heavy (non-hydrogen) atoms. The molecule has 1 aromatic rings. The van der Waals surface area contributed by atoms with Gasteiger partial charge in [-0.1, -0.05) is 72.2 Å². The predicted octanol–water partition coefficient (Wildman–Crippen LogP) is 8.47. The molecule has 6 aliphatic rings. The first kappa shape index (κ1) is 39.5. The Kier molecular flexibility index (Phi) is 10.3. The number of carbonyl (C=O) groups excluding carboxylic acids is 2. The van der Waals surface area contributed by atoms with Crippen LogP contribution < -0.4 is 5.32 Å². The van der Waals surface area contributed by atoms with Crippen molar-refractivity contribution in [3.63, 3.8) is 0 Å². The first-order valence-electron chi connectivity index (χ1n) is 21.3. The van der Waals surface area contributed by atoms with Crippen molar-refractivity contribution in [2.75, 3.05) is 46.3 Å². The number of allylic oxidation sites excluding steroid dienone is 2. The lowest BCUT2D eigenvalue weighted by Crippen LogP contribution is -2.65.